The van der Waals surface area contributed by atoms with Gasteiger partial charge in [-0.3, -0.25) is 0 Å². The Morgan fingerprint density at radius 2 is 1.35 bits per heavy atom. The second-order valence-electron chi connectivity index (χ2n) is 5.81. The number of hydrogen-bond donors (Lipinski definition) is 1. The standard InChI is InChI=1S/C8H19O3P.C4H12P/c1-2-3-4-5-6-7-8-12(9,10)11;1-5(2,3)4/h2-8H2,1H3,(H2,9,10,11);1-4H3/q;+1/p-1. The molecule has 106 valence electrons. The molecular formula is C12H30O3P2. The fourth-order valence-corrected chi connectivity index (χ4v) is 1.72. The Hall–Kier alpha value is 0.580. The van der Waals surface area contributed by atoms with E-state index in [1.165, 1.54) is 19.3 Å². The molecular weight excluding hydrogens is 254 g/mol. The largest absolute Gasteiger partial charge is 0.779 e. The Labute approximate surface area is 108 Å². The summed E-state index contributed by atoms with van der Waals surface area (Å²) in [4.78, 5) is 18.7. The van der Waals surface area contributed by atoms with Gasteiger partial charge in [0.1, 0.15) is 7.60 Å². The van der Waals surface area contributed by atoms with Crippen molar-refractivity contribution >= 4 is 14.9 Å². The quantitative estimate of drug-likeness (QED) is 0.575. The van der Waals surface area contributed by atoms with Crippen LogP contribution in [-0.2, 0) is 4.57 Å². The Morgan fingerprint density at radius 3 is 1.71 bits per heavy atom. The zero-order valence-corrected chi connectivity index (χ0v) is 13.9. The van der Waals surface area contributed by atoms with Crippen molar-refractivity contribution in [1.82, 2.24) is 0 Å². The van der Waals surface area contributed by atoms with Crippen LogP contribution >= 0.6 is 14.9 Å². The first-order chi connectivity index (χ1) is 7.56. The second-order valence-corrected chi connectivity index (χ2v) is 12.9. The smallest absolute Gasteiger partial charge is 0.132 e. The van der Waals surface area contributed by atoms with Crippen molar-refractivity contribution in [2.45, 2.75) is 45.4 Å². The third-order valence-electron chi connectivity index (χ3n) is 1.79. The molecule has 0 saturated carbocycles. The van der Waals surface area contributed by atoms with E-state index in [1.54, 1.807) is 0 Å². The Bertz CT molecular complexity index is 200. The maximum absolute atomic E-state index is 10.3. The topological polar surface area (TPSA) is 60.4 Å². The molecule has 0 aliphatic rings. The molecule has 5 heteroatoms. The molecule has 1 atom stereocenters. The van der Waals surface area contributed by atoms with E-state index in [0.717, 1.165) is 12.8 Å². The molecule has 17 heavy (non-hydrogen) atoms. The summed E-state index contributed by atoms with van der Waals surface area (Å²) in [7, 11) is -4.36. The van der Waals surface area contributed by atoms with Gasteiger partial charge in [-0.25, -0.2) is 0 Å². The minimum atomic E-state index is -3.97. The summed E-state index contributed by atoms with van der Waals surface area (Å²) in [6.45, 7) is 11.3. The molecule has 0 bridgehead atoms. The van der Waals surface area contributed by atoms with Gasteiger partial charge in [0.2, 0.25) is 0 Å². The SMILES string of the molecule is CCCCCCCCP(=O)([O-])O.C[P+](C)(C)C. The lowest BCUT2D eigenvalue weighted by Crippen LogP contribution is -2.03. The minimum Gasteiger partial charge on any atom is -0.779 e. The summed E-state index contributed by atoms with van der Waals surface area (Å²) in [6.07, 6.45) is 6.11. The molecule has 0 fully saturated rings. The molecule has 0 radical (unpaired) electrons. The van der Waals surface area contributed by atoms with E-state index in [0.29, 0.717) is 6.42 Å². The molecule has 0 amide bonds. The summed E-state index contributed by atoms with van der Waals surface area (Å²) in [5.41, 5.74) is 0. The van der Waals surface area contributed by atoms with Crippen LogP contribution in [0.15, 0.2) is 0 Å². The number of rotatable bonds is 7. The second kappa shape index (κ2) is 10.5. The molecule has 0 saturated heterocycles. The van der Waals surface area contributed by atoms with Crippen LogP contribution in [0.5, 0.6) is 0 Å². The molecule has 1 N–H and O–H groups in total. The molecule has 1 unspecified atom stereocenters. The van der Waals surface area contributed by atoms with Gasteiger partial charge in [-0.1, -0.05) is 39.0 Å². The highest BCUT2D eigenvalue weighted by Crippen LogP contribution is 2.40. The van der Waals surface area contributed by atoms with Gasteiger partial charge in [0.25, 0.3) is 0 Å². The lowest BCUT2D eigenvalue weighted by molar-refractivity contribution is -0.193. The van der Waals surface area contributed by atoms with Crippen molar-refractivity contribution in [1.29, 1.82) is 0 Å². The monoisotopic (exact) mass is 284 g/mol. The van der Waals surface area contributed by atoms with Crippen LogP contribution in [0.4, 0.5) is 0 Å². The predicted molar refractivity (Wildman–Crippen MR) is 78.7 cm³/mol. The molecule has 0 rings (SSSR count). The van der Waals surface area contributed by atoms with Crippen molar-refractivity contribution in [3.8, 4) is 0 Å². The summed E-state index contributed by atoms with van der Waals surface area (Å²) in [5.74, 6) is 0. The van der Waals surface area contributed by atoms with Gasteiger partial charge in [0.15, 0.2) is 0 Å². The van der Waals surface area contributed by atoms with Crippen LogP contribution in [0.3, 0.4) is 0 Å². The van der Waals surface area contributed by atoms with Crippen molar-refractivity contribution in [2.75, 3.05) is 32.8 Å². The summed E-state index contributed by atoms with van der Waals surface area (Å²) < 4.78 is 10.3. The van der Waals surface area contributed by atoms with Gasteiger partial charge < -0.3 is 14.4 Å². The highest BCUT2D eigenvalue weighted by atomic mass is 31.2. The predicted octanol–water partition coefficient (Wildman–Crippen LogP) is 3.42. The van der Waals surface area contributed by atoms with Crippen LogP contribution in [0, 0.1) is 0 Å². The van der Waals surface area contributed by atoms with Crippen LogP contribution < -0.4 is 4.89 Å². The average Bonchev–Trinajstić information content (AvgIpc) is 2.06. The highest BCUT2D eigenvalue weighted by Gasteiger charge is 2.03. The summed E-state index contributed by atoms with van der Waals surface area (Å²) >= 11 is 0. The Balaban J connectivity index is 0. The fourth-order valence-electron chi connectivity index (χ4n) is 1.09. The van der Waals surface area contributed by atoms with E-state index in [4.69, 9.17) is 4.89 Å². The van der Waals surface area contributed by atoms with Crippen LogP contribution in [0.25, 0.3) is 0 Å². The zero-order valence-electron chi connectivity index (χ0n) is 12.1. The van der Waals surface area contributed by atoms with Crippen molar-refractivity contribution in [3.05, 3.63) is 0 Å². The van der Waals surface area contributed by atoms with Crippen LogP contribution in [0.2, 0.25) is 0 Å². The molecule has 0 aliphatic carbocycles. The van der Waals surface area contributed by atoms with Crippen molar-refractivity contribution < 1.29 is 14.4 Å². The molecule has 0 aliphatic heterocycles. The molecule has 3 nitrogen and oxygen atoms in total. The van der Waals surface area contributed by atoms with E-state index < -0.39 is 7.60 Å². The van der Waals surface area contributed by atoms with Crippen molar-refractivity contribution in [3.63, 3.8) is 0 Å². The first-order valence-electron chi connectivity index (χ1n) is 6.38. The Morgan fingerprint density at radius 1 is 1.00 bits per heavy atom. The first-order valence-corrected chi connectivity index (χ1v) is 11.7. The maximum atomic E-state index is 10.3. The van der Waals surface area contributed by atoms with Crippen LogP contribution in [-0.4, -0.2) is 37.7 Å². The van der Waals surface area contributed by atoms with E-state index in [1.807, 2.05) is 0 Å². The first kappa shape index (κ1) is 19.9. The lowest BCUT2D eigenvalue weighted by atomic mass is 10.1. The van der Waals surface area contributed by atoms with Gasteiger partial charge >= 0.3 is 0 Å². The summed E-state index contributed by atoms with van der Waals surface area (Å²) in [6, 6.07) is 0. The third-order valence-corrected chi connectivity index (χ3v) is 2.68. The molecule has 0 heterocycles. The van der Waals surface area contributed by atoms with Gasteiger partial charge in [-0.2, -0.15) is 0 Å². The average molecular weight is 284 g/mol. The Kier molecular flexibility index (Phi) is 12.3. The minimum absolute atomic E-state index is 0.0564. The van der Waals surface area contributed by atoms with Crippen LogP contribution in [0.1, 0.15) is 45.4 Å². The van der Waals surface area contributed by atoms with E-state index >= 15 is 0 Å². The highest BCUT2D eigenvalue weighted by molar-refractivity contribution is 7.73. The maximum Gasteiger partial charge on any atom is 0.132 e. The molecule has 0 spiro atoms. The van der Waals surface area contributed by atoms with E-state index in [2.05, 4.69) is 33.6 Å². The molecule has 0 aromatic rings. The molecule has 0 aromatic carbocycles. The van der Waals surface area contributed by atoms with Gasteiger partial charge in [-0.15, -0.1) is 0 Å². The zero-order chi connectivity index (χ0) is 13.9. The fraction of sp³-hybridized carbons (Fsp3) is 1.00. The normalized spacial score (nSPS) is 14.8. The van der Waals surface area contributed by atoms with E-state index in [-0.39, 0.29) is 13.4 Å². The molecule has 0 aromatic heterocycles. The summed E-state index contributed by atoms with van der Waals surface area (Å²) in [5, 5.41) is 0. The third kappa shape index (κ3) is 38.4. The lowest BCUT2D eigenvalue weighted by Gasteiger charge is -2.14. The van der Waals surface area contributed by atoms with Gasteiger partial charge in [0.05, 0.1) is 0 Å². The van der Waals surface area contributed by atoms with E-state index in [9.17, 15) is 9.46 Å². The van der Waals surface area contributed by atoms with Crippen molar-refractivity contribution in [2.24, 2.45) is 0 Å². The van der Waals surface area contributed by atoms with Gasteiger partial charge in [0, 0.05) is 40.1 Å². The number of unbranched alkanes of at least 4 members (excludes halogenated alkanes) is 5. The van der Waals surface area contributed by atoms with Gasteiger partial charge in [-0.05, 0) is 6.42 Å². The number of hydrogen-bond acceptors (Lipinski definition) is 2.